The normalized spacial score (nSPS) is 11.6. The molecule has 3 aromatic rings. The van der Waals surface area contributed by atoms with Crippen molar-refractivity contribution in [3.63, 3.8) is 0 Å². The van der Waals surface area contributed by atoms with Crippen molar-refractivity contribution in [1.82, 2.24) is 0 Å². The van der Waals surface area contributed by atoms with Crippen molar-refractivity contribution in [3.05, 3.63) is 48.5 Å². The second-order valence-corrected chi connectivity index (χ2v) is 16.1. The molecule has 0 fully saturated rings. The van der Waals surface area contributed by atoms with Gasteiger partial charge in [-0.3, -0.25) is 0 Å². The molecule has 2 nitrogen and oxygen atoms in total. The maximum Gasteiger partial charge on any atom is 0.119 e. The van der Waals surface area contributed by atoms with Crippen molar-refractivity contribution in [3.8, 4) is 11.5 Å². The Hall–Kier alpha value is -2.22. The van der Waals surface area contributed by atoms with Gasteiger partial charge in [0.15, 0.2) is 0 Å². The Labute approximate surface area is 322 Å². The maximum absolute atomic E-state index is 6.17. The first-order valence-electron chi connectivity index (χ1n) is 23.0. The number of rotatable bonds is 36. The highest BCUT2D eigenvalue weighted by Crippen LogP contribution is 2.31. The topological polar surface area (TPSA) is 18.5 Å². The van der Waals surface area contributed by atoms with Crippen LogP contribution in [0.4, 0.5) is 0 Å². The minimum Gasteiger partial charge on any atom is -0.494 e. The van der Waals surface area contributed by atoms with E-state index in [0.29, 0.717) is 0 Å². The number of hydrogen-bond acceptors (Lipinski definition) is 2. The largest absolute Gasteiger partial charge is 0.494 e. The summed E-state index contributed by atoms with van der Waals surface area (Å²) in [6.07, 6.45) is 44.7. The predicted molar refractivity (Wildman–Crippen MR) is 232 cm³/mol. The first-order chi connectivity index (χ1) is 25.8. The average Bonchev–Trinajstić information content (AvgIpc) is 3.17. The molecular weight excluding hydrogens is 633 g/mol. The molecule has 0 aliphatic heterocycles. The van der Waals surface area contributed by atoms with Crippen molar-refractivity contribution >= 4 is 21.5 Å². The van der Waals surface area contributed by atoms with Crippen LogP contribution in [0.1, 0.15) is 219 Å². The molecule has 3 aromatic carbocycles. The lowest BCUT2D eigenvalue weighted by Crippen LogP contribution is -1.98. The van der Waals surface area contributed by atoms with E-state index < -0.39 is 0 Å². The number of hydrogen-bond donors (Lipinski definition) is 0. The average molecular weight is 715 g/mol. The minimum absolute atomic E-state index is 0.817. The van der Waals surface area contributed by atoms with Crippen LogP contribution < -0.4 is 9.47 Å². The van der Waals surface area contributed by atoms with Gasteiger partial charge in [-0.15, -0.1) is 0 Å². The Balaban J connectivity index is 1.16. The van der Waals surface area contributed by atoms with Crippen LogP contribution in [0.25, 0.3) is 21.5 Å². The summed E-state index contributed by atoms with van der Waals surface area (Å²) < 4.78 is 12.3. The van der Waals surface area contributed by atoms with Gasteiger partial charge in [-0.1, -0.05) is 231 Å². The summed E-state index contributed by atoms with van der Waals surface area (Å²) in [7, 11) is 0. The first-order valence-corrected chi connectivity index (χ1v) is 23.0. The number of fused-ring (bicyclic) bond motifs is 3. The van der Waals surface area contributed by atoms with E-state index in [-0.39, 0.29) is 0 Å². The lowest BCUT2D eigenvalue weighted by molar-refractivity contribution is 0.304. The van der Waals surface area contributed by atoms with Gasteiger partial charge in [0, 0.05) is 0 Å². The molecule has 0 saturated carbocycles. The molecular formula is C50H82O2. The van der Waals surface area contributed by atoms with E-state index in [2.05, 4.69) is 62.4 Å². The Morgan fingerprint density at radius 3 is 0.808 bits per heavy atom. The second kappa shape index (κ2) is 31.2. The van der Waals surface area contributed by atoms with Gasteiger partial charge in [0.1, 0.15) is 11.5 Å². The van der Waals surface area contributed by atoms with Gasteiger partial charge in [-0.25, -0.2) is 0 Å². The van der Waals surface area contributed by atoms with Crippen molar-refractivity contribution in [2.24, 2.45) is 0 Å². The standard InChI is InChI=1S/C50H82O2/c1-3-5-7-9-11-13-15-17-19-21-23-25-27-29-31-33-41-51-47-37-39-49-45(43-47)35-36-46-44-48(38-40-50(46)49)52-42-34-32-30-28-26-24-22-20-18-16-14-12-10-8-6-4-2/h35-40,43-44H,3-34,41-42H2,1-2H3. The summed E-state index contributed by atoms with van der Waals surface area (Å²) in [6.45, 7) is 6.23. The molecule has 294 valence electrons. The Bertz CT molecular complexity index is 1150. The van der Waals surface area contributed by atoms with Crippen LogP contribution >= 0.6 is 0 Å². The van der Waals surface area contributed by atoms with Crippen molar-refractivity contribution in [1.29, 1.82) is 0 Å². The third-order valence-corrected chi connectivity index (χ3v) is 11.3. The van der Waals surface area contributed by atoms with Crippen LogP contribution in [0, 0.1) is 0 Å². The van der Waals surface area contributed by atoms with Gasteiger partial charge in [0.25, 0.3) is 0 Å². The first kappa shape index (κ1) is 44.2. The van der Waals surface area contributed by atoms with Crippen molar-refractivity contribution in [2.45, 2.75) is 219 Å². The Morgan fingerprint density at radius 2 is 0.538 bits per heavy atom. The van der Waals surface area contributed by atoms with Gasteiger partial charge in [0.2, 0.25) is 0 Å². The number of unbranched alkanes of at least 4 members (excludes halogenated alkanes) is 30. The molecule has 0 heterocycles. The predicted octanol–water partition coefficient (Wildman–Crippen LogP) is 17.3. The molecule has 0 bridgehead atoms. The van der Waals surface area contributed by atoms with E-state index in [0.717, 1.165) is 37.6 Å². The summed E-state index contributed by atoms with van der Waals surface area (Å²) >= 11 is 0. The van der Waals surface area contributed by atoms with Crippen LogP contribution in [0.15, 0.2) is 48.5 Å². The molecule has 0 atom stereocenters. The van der Waals surface area contributed by atoms with Crippen LogP contribution in [0.3, 0.4) is 0 Å². The van der Waals surface area contributed by atoms with Crippen LogP contribution in [0.2, 0.25) is 0 Å². The highest BCUT2D eigenvalue weighted by Gasteiger charge is 2.05. The molecule has 0 radical (unpaired) electrons. The fourth-order valence-corrected chi connectivity index (χ4v) is 7.89. The summed E-state index contributed by atoms with van der Waals surface area (Å²) in [5, 5.41) is 5.07. The molecule has 0 aliphatic carbocycles. The molecule has 52 heavy (non-hydrogen) atoms. The molecule has 0 spiro atoms. The molecule has 0 saturated heterocycles. The molecule has 0 aliphatic rings. The van der Waals surface area contributed by atoms with Gasteiger partial charge in [-0.05, 0) is 58.7 Å². The van der Waals surface area contributed by atoms with Gasteiger partial charge >= 0.3 is 0 Å². The molecule has 3 rings (SSSR count). The minimum atomic E-state index is 0.817. The highest BCUT2D eigenvalue weighted by atomic mass is 16.5. The van der Waals surface area contributed by atoms with Gasteiger partial charge in [-0.2, -0.15) is 0 Å². The lowest BCUT2D eigenvalue weighted by Gasteiger charge is -2.11. The zero-order chi connectivity index (χ0) is 36.6. The third-order valence-electron chi connectivity index (χ3n) is 11.3. The Kier molecular flexibility index (Phi) is 26.5. The van der Waals surface area contributed by atoms with E-state index in [9.17, 15) is 0 Å². The van der Waals surface area contributed by atoms with Crippen LogP contribution in [0.5, 0.6) is 11.5 Å². The van der Waals surface area contributed by atoms with E-state index >= 15 is 0 Å². The van der Waals surface area contributed by atoms with Crippen LogP contribution in [-0.4, -0.2) is 13.2 Å². The fourth-order valence-electron chi connectivity index (χ4n) is 7.89. The maximum atomic E-state index is 6.17. The van der Waals surface area contributed by atoms with Crippen molar-refractivity contribution in [2.75, 3.05) is 13.2 Å². The van der Waals surface area contributed by atoms with E-state index in [4.69, 9.17) is 9.47 Å². The third kappa shape index (κ3) is 20.9. The van der Waals surface area contributed by atoms with Crippen LogP contribution in [-0.2, 0) is 0 Å². The molecule has 0 amide bonds. The van der Waals surface area contributed by atoms with Gasteiger partial charge < -0.3 is 9.47 Å². The molecule has 2 heteroatoms. The summed E-state index contributed by atoms with van der Waals surface area (Å²) in [5.74, 6) is 1.98. The van der Waals surface area contributed by atoms with E-state index in [1.807, 2.05) is 0 Å². The van der Waals surface area contributed by atoms with Crippen molar-refractivity contribution < 1.29 is 9.47 Å². The summed E-state index contributed by atoms with van der Waals surface area (Å²) in [6, 6.07) is 17.7. The monoisotopic (exact) mass is 715 g/mol. The zero-order valence-corrected chi connectivity index (χ0v) is 34.5. The number of ether oxygens (including phenoxy) is 2. The quantitative estimate of drug-likeness (QED) is 0.0441. The van der Waals surface area contributed by atoms with E-state index in [1.54, 1.807) is 0 Å². The molecule has 0 aromatic heterocycles. The SMILES string of the molecule is CCCCCCCCCCCCCCCCCCOc1ccc2c(ccc3cc(OCCCCCCCCCCCCCCCCCC)ccc32)c1. The summed E-state index contributed by atoms with van der Waals surface area (Å²) in [5.41, 5.74) is 0. The van der Waals surface area contributed by atoms with E-state index in [1.165, 1.54) is 214 Å². The Morgan fingerprint density at radius 1 is 0.288 bits per heavy atom. The van der Waals surface area contributed by atoms with Gasteiger partial charge in [0.05, 0.1) is 13.2 Å². The smallest absolute Gasteiger partial charge is 0.119 e. The molecule has 0 unspecified atom stereocenters. The lowest BCUT2D eigenvalue weighted by atomic mass is 10.0. The fraction of sp³-hybridized carbons (Fsp3) is 0.720. The zero-order valence-electron chi connectivity index (χ0n) is 34.5. The molecule has 0 N–H and O–H groups in total. The second-order valence-electron chi connectivity index (χ2n) is 16.1. The number of benzene rings is 3. The summed E-state index contributed by atoms with van der Waals surface area (Å²) in [4.78, 5) is 0. The highest BCUT2D eigenvalue weighted by molar-refractivity contribution is 6.08.